The molecule has 1 amide bonds. The molecule has 42 heavy (non-hydrogen) atoms. The van der Waals surface area contributed by atoms with Crippen LogP contribution in [0.2, 0.25) is 0 Å². The summed E-state index contributed by atoms with van der Waals surface area (Å²) in [4.78, 5) is 14.3. The SMILES string of the molecule is CCOC(OCC)[C@H](CC(C)C)N(C(=O)[C@H](N)CCCNC(=N)N)S(=O)(=O)c1c(C)c(C)c2c(c1C)CCC(C)(C)O2. The van der Waals surface area contributed by atoms with E-state index in [0.717, 1.165) is 21.9 Å². The van der Waals surface area contributed by atoms with Gasteiger partial charge in [-0.3, -0.25) is 10.2 Å². The normalized spacial score (nSPS) is 16.1. The number of hydrogen-bond acceptors (Lipinski definition) is 8. The van der Waals surface area contributed by atoms with Crippen LogP contribution in [0.3, 0.4) is 0 Å². The largest absolute Gasteiger partial charge is 0.487 e. The van der Waals surface area contributed by atoms with E-state index in [2.05, 4.69) is 5.32 Å². The van der Waals surface area contributed by atoms with Gasteiger partial charge in [0.2, 0.25) is 0 Å². The number of nitrogens with two attached hydrogens (primary N) is 2. The molecule has 0 saturated carbocycles. The van der Waals surface area contributed by atoms with Gasteiger partial charge >= 0.3 is 0 Å². The molecule has 1 aromatic rings. The summed E-state index contributed by atoms with van der Waals surface area (Å²) in [6, 6.07) is -2.07. The number of benzene rings is 1. The Balaban J connectivity index is 2.76. The molecule has 0 unspecified atom stereocenters. The molecule has 0 aliphatic carbocycles. The zero-order valence-corrected chi connectivity index (χ0v) is 27.7. The Labute approximate surface area is 252 Å². The van der Waals surface area contributed by atoms with E-state index in [1.165, 1.54) is 0 Å². The summed E-state index contributed by atoms with van der Waals surface area (Å²) in [5.41, 5.74) is 14.1. The van der Waals surface area contributed by atoms with Gasteiger partial charge in [0.25, 0.3) is 15.9 Å². The number of rotatable bonds is 15. The predicted octanol–water partition coefficient (Wildman–Crippen LogP) is 3.64. The Bertz CT molecular complexity index is 1210. The Morgan fingerprint density at radius 1 is 1.12 bits per heavy atom. The van der Waals surface area contributed by atoms with E-state index in [9.17, 15) is 13.2 Å². The van der Waals surface area contributed by atoms with E-state index in [-0.39, 0.29) is 42.0 Å². The Hall–Kier alpha value is -2.41. The smallest absolute Gasteiger partial charge is 0.267 e. The zero-order chi connectivity index (χ0) is 32.0. The van der Waals surface area contributed by atoms with Gasteiger partial charge in [0.05, 0.1) is 17.0 Å². The molecular formula is C30H53N5O6S. The molecule has 11 nitrogen and oxygen atoms in total. The second kappa shape index (κ2) is 14.9. The lowest BCUT2D eigenvalue weighted by Gasteiger charge is -2.39. The number of ether oxygens (including phenoxy) is 3. The van der Waals surface area contributed by atoms with Crippen molar-refractivity contribution in [2.24, 2.45) is 17.4 Å². The quantitative estimate of drug-likeness (QED) is 0.100. The van der Waals surface area contributed by atoms with E-state index in [1.54, 1.807) is 27.7 Å². The summed E-state index contributed by atoms with van der Waals surface area (Å²) in [5.74, 6) is -0.177. The Morgan fingerprint density at radius 2 is 1.71 bits per heavy atom. The van der Waals surface area contributed by atoms with Crippen molar-refractivity contribution in [2.75, 3.05) is 19.8 Å². The molecule has 240 valence electrons. The minimum absolute atomic E-state index is 0.0167. The van der Waals surface area contributed by atoms with Crippen molar-refractivity contribution >= 4 is 21.9 Å². The number of nitrogens with one attached hydrogen (secondary N) is 2. The fourth-order valence-corrected chi connectivity index (χ4v) is 7.69. The molecule has 1 aliphatic heterocycles. The van der Waals surface area contributed by atoms with Crippen molar-refractivity contribution in [3.05, 3.63) is 22.3 Å². The van der Waals surface area contributed by atoms with E-state index in [0.29, 0.717) is 42.7 Å². The number of sulfonamides is 1. The number of fused-ring (bicyclic) bond motifs is 1. The molecule has 0 aromatic heterocycles. The molecule has 0 spiro atoms. The van der Waals surface area contributed by atoms with Crippen LogP contribution in [0.1, 0.15) is 89.5 Å². The standard InChI is InChI=1S/C30H53N5O6S/c1-10-39-28(40-11-2)24(17-18(3)4)35(27(36)23(31)13-12-16-34-29(32)33)42(37,38)26-20(6)19(5)25-22(21(26)7)14-15-30(8,9)41-25/h18,23-24,28H,10-17,31H2,1-9H3,(H4,32,33,34)/t23-,24+/m1/s1. The van der Waals surface area contributed by atoms with Gasteiger partial charge in [-0.25, -0.2) is 12.7 Å². The maximum Gasteiger partial charge on any atom is 0.267 e. The third-order valence-corrected chi connectivity index (χ3v) is 9.81. The summed E-state index contributed by atoms with van der Waals surface area (Å²) < 4.78 is 48.9. The first-order chi connectivity index (χ1) is 19.5. The average Bonchev–Trinajstić information content (AvgIpc) is 2.88. The lowest BCUT2D eigenvalue weighted by molar-refractivity contribution is -0.173. The summed E-state index contributed by atoms with van der Waals surface area (Å²) >= 11 is 0. The number of nitrogens with zero attached hydrogens (tertiary/aromatic N) is 1. The molecule has 0 radical (unpaired) electrons. The maximum atomic E-state index is 14.9. The van der Waals surface area contributed by atoms with Crippen LogP contribution < -0.4 is 21.5 Å². The fraction of sp³-hybridized carbons (Fsp3) is 0.733. The Morgan fingerprint density at radius 3 is 2.24 bits per heavy atom. The van der Waals surface area contributed by atoms with Gasteiger partial charge in [-0.05, 0) is 109 Å². The molecular weight excluding hydrogens is 558 g/mol. The first-order valence-electron chi connectivity index (χ1n) is 15.0. The summed E-state index contributed by atoms with van der Waals surface area (Å²) in [5, 5.41) is 10.0. The topological polar surface area (TPSA) is 170 Å². The lowest BCUT2D eigenvalue weighted by atomic mass is 9.88. The van der Waals surface area contributed by atoms with Gasteiger partial charge in [-0.2, -0.15) is 0 Å². The number of carbonyl (C=O) groups is 1. The monoisotopic (exact) mass is 611 g/mol. The van der Waals surface area contributed by atoms with Crippen LogP contribution >= 0.6 is 0 Å². The maximum absolute atomic E-state index is 14.9. The molecule has 0 saturated heterocycles. The van der Waals surface area contributed by atoms with Gasteiger partial charge in [0.1, 0.15) is 11.4 Å². The third kappa shape index (κ3) is 8.36. The fourth-order valence-electron chi connectivity index (χ4n) is 5.52. The van der Waals surface area contributed by atoms with Crippen LogP contribution in [0.25, 0.3) is 0 Å². The molecule has 2 rings (SSSR count). The molecule has 0 fully saturated rings. The third-order valence-electron chi connectivity index (χ3n) is 7.72. The summed E-state index contributed by atoms with van der Waals surface area (Å²) in [6.45, 7) is 17.9. The van der Waals surface area contributed by atoms with Crippen LogP contribution in [0.4, 0.5) is 0 Å². The second-order valence-corrected chi connectivity index (χ2v) is 13.8. The highest BCUT2D eigenvalue weighted by Crippen LogP contribution is 2.43. The lowest BCUT2D eigenvalue weighted by Crippen LogP contribution is -2.57. The highest BCUT2D eigenvalue weighted by molar-refractivity contribution is 7.89. The van der Waals surface area contributed by atoms with Crippen LogP contribution in [-0.4, -0.2) is 68.3 Å². The molecule has 1 aliphatic rings. The highest BCUT2D eigenvalue weighted by Gasteiger charge is 2.45. The van der Waals surface area contributed by atoms with E-state index >= 15 is 0 Å². The van der Waals surface area contributed by atoms with E-state index in [1.807, 2.05) is 34.6 Å². The van der Waals surface area contributed by atoms with Crippen molar-refractivity contribution in [3.63, 3.8) is 0 Å². The summed E-state index contributed by atoms with van der Waals surface area (Å²) in [6.07, 6.45) is 1.34. The highest BCUT2D eigenvalue weighted by atomic mass is 32.2. The van der Waals surface area contributed by atoms with Crippen molar-refractivity contribution < 1.29 is 27.4 Å². The first-order valence-corrected chi connectivity index (χ1v) is 16.4. The second-order valence-electron chi connectivity index (χ2n) is 12.1. The zero-order valence-electron chi connectivity index (χ0n) is 26.9. The molecule has 0 bridgehead atoms. The van der Waals surface area contributed by atoms with Crippen LogP contribution in [0.15, 0.2) is 4.90 Å². The number of carbonyl (C=O) groups excluding carboxylic acids is 1. The van der Waals surface area contributed by atoms with Crippen LogP contribution in [0, 0.1) is 32.1 Å². The van der Waals surface area contributed by atoms with Gasteiger partial charge in [0.15, 0.2) is 12.2 Å². The molecule has 2 atom stereocenters. The van der Waals surface area contributed by atoms with Crippen molar-refractivity contribution in [1.82, 2.24) is 9.62 Å². The average molecular weight is 612 g/mol. The van der Waals surface area contributed by atoms with Gasteiger partial charge < -0.3 is 31.0 Å². The molecule has 1 heterocycles. The van der Waals surface area contributed by atoms with E-state index in [4.69, 9.17) is 31.1 Å². The minimum atomic E-state index is -4.44. The Kier molecular flexibility index (Phi) is 12.7. The first kappa shape index (κ1) is 35.8. The van der Waals surface area contributed by atoms with Gasteiger partial charge in [0, 0.05) is 19.8 Å². The van der Waals surface area contributed by atoms with Gasteiger partial charge in [-0.1, -0.05) is 13.8 Å². The number of amides is 1. The summed E-state index contributed by atoms with van der Waals surface area (Å²) in [7, 11) is -4.44. The molecule has 6 N–H and O–H groups in total. The van der Waals surface area contributed by atoms with E-state index < -0.39 is 34.3 Å². The van der Waals surface area contributed by atoms with Gasteiger partial charge in [-0.15, -0.1) is 0 Å². The van der Waals surface area contributed by atoms with Crippen molar-refractivity contribution in [1.29, 1.82) is 5.41 Å². The van der Waals surface area contributed by atoms with Crippen LogP contribution in [-0.2, 0) is 30.7 Å². The number of hydrogen-bond donors (Lipinski definition) is 4. The molecule has 12 heteroatoms. The van der Waals surface area contributed by atoms with Crippen LogP contribution in [0.5, 0.6) is 5.75 Å². The number of guanidine groups is 1. The minimum Gasteiger partial charge on any atom is -0.487 e. The van der Waals surface area contributed by atoms with Crippen molar-refractivity contribution in [2.45, 2.75) is 123 Å². The predicted molar refractivity (Wildman–Crippen MR) is 165 cm³/mol. The van der Waals surface area contributed by atoms with Crippen molar-refractivity contribution in [3.8, 4) is 5.75 Å². The molecule has 1 aromatic carbocycles.